The van der Waals surface area contributed by atoms with Crippen LogP contribution in [0.3, 0.4) is 0 Å². The second-order valence-electron chi connectivity index (χ2n) is 4.20. The molecule has 0 heterocycles. The molecule has 0 bridgehead atoms. The van der Waals surface area contributed by atoms with Gasteiger partial charge in [0.15, 0.2) is 0 Å². The predicted octanol–water partition coefficient (Wildman–Crippen LogP) is 2.83. The lowest BCUT2D eigenvalue weighted by Gasteiger charge is -2.22. The second kappa shape index (κ2) is 4.90. The van der Waals surface area contributed by atoms with Gasteiger partial charge in [-0.25, -0.2) is 0 Å². The first-order chi connectivity index (χ1) is 6.98. The standard InChI is InChI=1S/C12H19NOS/c1-9-7-10(5-6-11(9)14-4)15-12(2,3)8-13/h5-7H,8,13H2,1-4H3. The van der Waals surface area contributed by atoms with E-state index in [1.165, 1.54) is 4.90 Å². The average Bonchev–Trinajstić information content (AvgIpc) is 2.17. The highest BCUT2D eigenvalue weighted by atomic mass is 32.2. The summed E-state index contributed by atoms with van der Waals surface area (Å²) in [6.07, 6.45) is 0. The number of thioether (sulfide) groups is 1. The molecule has 0 saturated heterocycles. The van der Waals surface area contributed by atoms with E-state index < -0.39 is 0 Å². The molecule has 2 N–H and O–H groups in total. The van der Waals surface area contributed by atoms with E-state index >= 15 is 0 Å². The third kappa shape index (κ3) is 3.43. The Balaban J connectivity index is 2.84. The molecule has 1 aromatic carbocycles. The van der Waals surface area contributed by atoms with Gasteiger partial charge in [0.25, 0.3) is 0 Å². The lowest BCUT2D eigenvalue weighted by Crippen LogP contribution is -2.26. The van der Waals surface area contributed by atoms with Gasteiger partial charge in [-0.3, -0.25) is 0 Å². The van der Waals surface area contributed by atoms with Crippen LogP contribution in [-0.4, -0.2) is 18.4 Å². The van der Waals surface area contributed by atoms with Crippen LogP contribution in [0.2, 0.25) is 0 Å². The minimum absolute atomic E-state index is 0.0844. The number of ether oxygens (including phenoxy) is 1. The Kier molecular flexibility index (Phi) is 4.05. The number of aryl methyl sites for hydroxylation is 1. The normalized spacial score (nSPS) is 11.5. The van der Waals surface area contributed by atoms with Gasteiger partial charge in [0.05, 0.1) is 7.11 Å². The molecule has 0 spiro atoms. The molecule has 2 nitrogen and oxygen atoms in total. The molecule has 0 amide bonds. The van der Waals surface area contributed by atoms with E-state index in [1.807, 2.05) is 6.07 Å². The Bertz CT molecular complexity index is 336. The van der Waals surface area contributed by atoms with Crippen molar-refractivity contribution in [1.29, 1.82) is 0 Å². The number of hydrogen-bond acceptors (Lipinski definition) is 3. The molecule has 0 fully saturated rings. The molecule has 1 aromatic rings. The fourth-order valence-electron chi connectivity index (χ4n) is 1.28. The topological polar surface area (TPSA) is 35.2 Å². The molecule has 0 atom stereocenters. The van der Waals surface area contributed by atoms with Crippen LogP contribution in [0.25, 0.3) is 0 Å². The molecule has 0 aliphatic rings. The number of hydrogen-bond donors (Lipinski definition) is 1. The lowest BCUT2D eigenvalue weighted by atomic mass is 10.2. The van der Waals surface area contributed by atoms with E-state index in [9.17, 15) is 0 Å². The second-order valence-corrected chi connectivity index (χ2v) is 5.98. The third-order valence-electron chi connectivity index (χ3n) is 2.25. The van der Waals surface area contributed by atoms with Crippen molar-refractivity contribution in [2.45, 2.75) is 30.4 Å². The van der Waals surface area contributed by atoms with E-state index in [0.717, 1.165) is 11.3 Å². The van der Waals surface area contributed by atoms with Crippen molar-refractivity contribution in [3.8, 4) is 5.75 Å². The Morgan fingerprint density at radius 1 is 1.40 bits per heavy atom. The SMILES string of the molecule is COc1ccc(SC(C)(C)CN)cc1C. The van der Waals surface area contributed by atoms with Gasteiger partial charge in [-0.05, 0) is 44.5 Å². The highest BCUT2D eigenvalue weighted by Gasteiger charge is 2.17. The quantitative estimate of drug-likeness (QED) is 0.800. The van der Waals surface area contributed by atoms with Gasteiger partial charge in [0.1, 0.15) is 5.75 Å². The summed E-state index contributed by atoms with van der Waals surface area (Å²) < 4.78 is 5.31. The summed E-state index contributed by atoms with van der Waals surface area (Å²) in [6.45, 7) is 7.02. The van der Waals surface area contributed by atoms with Gasteiger partial charge in [-0.2, -0.15) is 0 Å². The highest BCUT2D eigenvalue weighted by Crippen LogP contribution is 2.33. The van der Waals surface area contributed by atoms with E-state index in [2.05, 4.69) is 32.9 Å². The number of benzene rings is 1. The molecule has 0 radical (unpaired) electrons. The van der Waals surface area contributed by atoms with Crippen LogP contribution >= 0.6 is 11.8 Å². The van der Waals surface area contributed by atoms with Crippen molar-refractivity contribution in [3.05, 3.63) is 23.8 Å². The van der Waals surface area contributed by atoms with Gasteiger partial charge in [0.2, 0.25) is 0 Å². The first-order valence-corrected chi connectivity index (χ1v) is 5.84. The maximum Gasteiger partial charge on any atom is 0.121 e. The van der Waals surface area contributed by atoms with Crippen molar-refractivity contribution in [2.75, 3.05) is 13.7 Å². The fraction of sp³-hybridized carbons (Fsp3) is 0.500. The largest absolute Gasteiger partial charge is 0.496 e. The summed E-state index contributed by atoms with van der Waals surface area (Å²) in [7, 11) is 1.69. The molecule has 0 aliphatic heterocycles. The third-order valence-corrected chi connectivity index (χ3v) is 3.46. The van der Waals surface area contributed by atoms with Crippen molar-refractivity contribution in [3.63, 3.8) is 0 Å². The molecule has 0 saturated carbocycles. The molecule has 84 valence electrons. The van der Waals surface area contributed by atoms with E-state index in [0.29, 0.717) is 6.54 Å². The molecule has 1 rings (SSSR count). The average molecular weight is 225 g/mol. The fourth-order valence-corrected chi connectivity index (χ4v) is 2.37. The maximum absolute atomic E-state index is 5.70. The lowest BCUT2D eigenvalue weighted by molar-refractivity contribution is 0.411. The van der Waals surface area contributed by atoms with E-state index in [-0.39, 0.29) is 4.75 Å². The van der Waals surface area contributed by atoms with Crippen LogP contribution < -0.4 is 10.5 Å². The highest BCUT2D eigenvalue weighted by molar-refractivity contribution is 8.00. The zero-order chi connectivity index (χ0) is 11.5. The van der Waals surface area contributed by atoms with Crippen LogP contribution in [0.4, 0.5) is 0 Å². The van der Waals surface area contributed by atoms with Crippen molar-refractivity contribution in [1.82, 2.24) is 0 Å². The number of methoxy groups -OCH3 is 1. The van der Waals surface area contributed by atoms with Crippen LogP contribution in [0, 0.1) is 6.92 Å². The van der Waals surface area contributed by atoms with Crippen molar-refractivity contribution < 1.29 is 4.74 Å². The minimum Gasteiger partial charge on any atom is -0.496 e. The van der Waals surface area contributed by atoms with E-state index in [4.69, 9.17) is 10.5 Å². The summed E-state index contributed by atoms with van der Waals surface area (Å²) in [5.74, 6) is 0.935. The molecular formula is C12H19NOS. The zero-order valence-corrected chi connectivity index (χ0v) is 10.6. The van der Waals surface area contributed by atoms with Crippen LogP contribution in [0.15, 0.2) is 23.1 Å². The Hall–Kier alpha value is -0.670. The van der Waals surface area contributed by atoms with Gasteiger partial charge in [0, 0.05) is 16.2 Å². The Labute approximate surface area is 96.2 Å². The Morgan fingerprint density at radius 3 is 2.53 bits per heavy atom. The zero-order valence-electron chi connectivity index (χ0n) is 9.83. The van der Waals surface area contributed by atoms with Gasteiger partial charge < -0.3 is 10.5 Å². The molecule has 3 heteroatoms. The predicted molar refractivity (Wildman–Crippen MR) is 66.7 cm³/mol. The summed E-state index contributed by atoms with van der Waals surface area (Å²) in [6, 6.07) is 6.22. The van der Waals surface area contributed by atoms with Crippen LogP contribution in [0.5, 0.6) is 5.75 Å². The first-order valence-electron chi connectivity index (χ1n) is 5.02. The summed E-state index contributed by atoms with van der Waals surface area (Å²) in [5.41, 5.74) is 6.87. The van der Waals surface area contributed by atoms with Crippen LogP contribution in [0.1, 0.15) is 19.4 Å². The summed E-state index contributed by atoms with van der Waals surface area (Å²) in [4.78, 5) is 1.24. The number of nitrogens with two attached hydrogens (primary N) is 1. The molecule has 0 unspecified atom stereocenters. The Morgan fingerprint density at radius 2 is 2.07 bits per heavy atom. The first kappa shape index (κ1) is 12.4. The minimum atomic E-state index is 0.0844. The monoisotopic (exact) mass is 225 g/mol. The van der Waals surface area contributed by atoms with Gasteiger partial charge in [-0.1, -0.05) is 0 Å². The van der Waals surface area contributed by atoms with Crippen molar-refractivity contribution >= 4 is 11.8 Å². The van der Waals surface area contributed by atoms with E-state index in [1.54, 1.807) is 18.9 Å². The maximum atomic E-state index is 5.70. The molecular weight excluding hydrogens is 206 g/mol. The molecule has 0 aliphatic carbocycles. The van der Waals surface area contributed by atoms with Crippen molar-refractivity contribution in [2.24, 2.45) is 5.73 Å². The van der Waals surface area contributed by atoms with Crippen LogP contribution in [-0.2, 0) is 0 Å². The summed E-state index contributed by atoms with van der Waals surface area (Å²) in [5, 5.41) is 0. The molecule has 15 heavy (non-hydrogen) atoms. The summed E-state index contributed by atoms with van der Waals surface area (Å²) >= 11 is 1.80. The molecule has 0 aromatic heterocycles. The number of rotatable bonds is 4. The van der Waals surface area contributed by atoms with Gasteiger partial charge in [-0.15, -0.1) is 11.8 Å². The van der Waals surface area contributed by atoms with Gasteiger partial charge >= 0.3 is 0 Å². The smallest absolute Gasteiger partial charge is 0.121 e.